The fraction of sp³-hybridized carbons (Fsp3) is 0.889. The van der Waals surface area contributed by atoms with Crippen molar-refractivity contribution < 1.29 is 9.59 Å². The molecule has 6 heteroatoms. The van der Waals surface area contributed by atoms with Crippen molar-refractivity contribution in [1.82, 2.24) is 20.9 Å². The second-order valence-corrected chi connectivity index (χ2v) is 9.17. The predicted molar refractivity (Wildman–Crippen MR) is 92.4 cm³/mol. The molecule has 136 valence electrons. The Kier molecular flexibility index (Phi) is 4.64. The first kappa shape index (κ1) is 17.7. The molecule has 4 bridgehead atoms. The zero-order chi connectivity index (χ0) is 17.5. The van der Waals surface area contributed by atoms with Crippen LogP contribution < -0.4 is 10.9 Å². The lowest BCUT2D eigenvalue weighted by Gasteiger charge is -2.62. The number of nitrogens with zero attached hydrogens (tertiary/aromatic N) is 2. The van der Waals surface area contributed by atoms with E-state index in [4.69, 9.17) is 0 Å². The van der Waals surface area contributed by atoms with Gasteiger partial charge in [0.2, 0.25) is 11.8 Å². The van der Waals surface area contributed by atoms with E-state index in [-0.39, 0.29) is 22.6 Å². The van der Waals surface area contributed by atoms with Crippen LogP contribution in [0.15, 0.2) is 0 Å². The van der Waals surface area contributed by atoms with E-state index in [1.165, 1.54) is 32.1 Å². The minimum absolute atomic E-state index is 0.114. The van der Waals surface area contributed by atoms with Crippen molar-refractivity contribution in [2.75, 3.05) is 28.2 Å². The molecule has 4 fully saturated rings. The normalized spacial score (nSPS) is 37.1. The summed E-state index contributed by atoms with van der Waals surface area (Å²) in [6, 6.07) is 0. The van der Waals surface area contributed by atoms with Crippen molar-refractivity contribution in [2.45, 2.75) is 51.4 Å². The van der Waals surface area contributed by atoms with E-state index in [1.807, 2.05) is 28.2 Å². The highest BCUT2D eigenvalue weighted by Gasteiger charge is 2.58. The summed E-state index contributed by atoms with van der Waals surface area (Å²) < 4.78 is 0. The first-order chi connectivity index (χ1) is 11.2. The number of hydrogen-bond acceptors (Lipinski definition) is 4. The van der Waals surface area contributed by atoms with Crippen molar-refractivity contribution in [3.05, 3.63) is 0 Å². The number of carbonyl (C=O) groups is 2. The maximum Gasteiger partial charge on any atom is 0.234 e. The van der Waals surface area contributed by atoms with Gasteiger partial charge in [0.1, 0.15) is 0 Å². The van der Waals surface area contributed by atoms with Crippen LogP contribution in [0.5, 0.6) is 0 Å². The quantitative estimate of drug-likeness (QED) is 0.722. The van der Waals surface area contributed by atoms with Crippen molar-refractivity contribution in [2.24, 2.45) is 22.7 Å². The second kappa shape index (κ2) is 6.30. The standard InChI is InChI=1S/C18H32N4O2/c1-21(2)19-15(23)10-17-6-13-5-14(7-17)9-18(8-13,12-17)11-16(24)20-22(3)4/h13-14H,5-12H2,1-4H3,(H,19,23)(H,20,24). The molecule has 0 radical (unpaired) electrons. The van der Waals surface area contributed by atoms with Gasteiger partial charge in [-0.25, -0.2) is 10.0 Å². The molecule has 4 saturated carbocycles. The van der Waals surface area contributed by atoms with E-state index in [2.05, 4.69) is 10.9 Å². The minimum Gasteiger partial charge on any atom is -0.289 e. The van der Waals surface area contributed by atoms with Gasteiger partial charge in [0.15, 0.2) is 0 Å². The van der Waals surface area contributed by atoms with Gasteiger partial charge < -0.3 is 0 Å². The number of hydrogen-bond donors (Lipinski definition) is 2. The highest BCUT2D eigenvalue weighted by atomic mass is 16.2. The zero-order valence-electron chi connectivity index (χ0n) is 15.5. The maximum absolute atomic E-state index is 12.4. The van der Waals surface area contributed by atoms with Crippen LogP contribution in [-0.4, -0.2) is 50.0 Å². The first-order valence-corrected chi connectivity index (χ1v) is 9.13. The van der Waals surface area contributed by atoms with Crippen LogP contribution in [0.25, 0.3) is 0 Å². The molecular formula is C18H32N4O2. The van der Waals surface area contributed by atoms with Crippen LogP contribution in [0.1, 0.15) is 51.4 Å². The lowest BCUT2D eigenvalue weighted by atomic mass is 9.43. The average Bonchev–Trinajstić information content (AvgIpc) is 2.31. The van der Waals surface area contributed by atoms with Crippen LogP contribution in [-0.2, 0) is 9.59 Å². The fourth-order valence-corrected chi connectivity index (χ4v) is 6.32. The molecule has 4 rings (SSSR count). The largest absolute Gasteiger partial charge is 0.289 e. The van der Waals surface area contributed by atoms with E-state index in [0.717, 1.165) is 6.42 Å². The number of rotatable bonds is 6. The molecule has 2 N–H and O–H groups in total. The summed E-state index contributed by atoms with van der Waals surface area (Å²) in [5.41, 5.74) is 6.04. The van der Waals surface area contributed by atoms with E-state index in [9.17, 15) is 9.59 Å². The molecule has 0 aromatic carbocycles. The lowest BCUT2D eigenvalue weighted by Crippen LogP contribution is -2.55. The Morgan fingerprint density at radius 1 is 0.833 bits per heavy atom. The Morgan fingerprint density at radius 3 is 1.54 bits per heavy atom. The molecule has 6 nitrogen and oxygen atoms in total. The topological polar surface area (TPSA) is 64.7 Å². The Hall–Kier alpha value is -1.14. The van der Waals surface area contributed by atoms with Gasteiger partial charge in [-0.1, -0.05) is 0 Å². The molecule has 4 aliphatic carbocycles. The molecule has 0 aromatic heterocycles. The summed E-state index contributed by atoms with van der Waals surface area (Å²) in [5.74, 6) is 1.64. The van der Waals surface area contributed by atoms with Crippen molar-refractivity contribution >= 4 is 11.8 Å². The summed E-state index contributed by atoms with van der Waals surface area (Å²) in [5, 5.41) is 3.45. The summed E-state index contributed by atoms with van der Waals surface area (Å²) in [6.07, 6.45) is 8.22. The molecule has 4 aliphatic rings. The van der Waals surface area contributed by atoms with Gasteiger partial charge >= 0.3 is 0 Å². The predicted octanol–water partition coefficient (Wildman–Crippen LogP) is 1.54. The molecule has 0 unspecified atom stereocenters. The smallest absolute Gasteiger partial charge is 0.234 e. The third-order valence-corrected chi connectivity index (χ3v) is 6.07. The van der Waals surface area contributed by atoms with Gasteiger partial charge in [-0.05, 0) is 61.2 Å². The van der Waals surface area contributed by atoms with E-state index < -0.39 is 0 Å². The van der Waals surface area contributed by atoms with Crippen molar-refractivity contribution in [3.8, 4) is 0 Å². The van der Waals surface area contributed by atoms with Gasteiger partial charge in [-0.3, -0.25) is 20.4 Å². The SMILES string of the molecule is CN(C)NC(=O)CC12CC3CC(C1)CC(CC(=O)NN(C)C)(C3)C2. The number of amides is 2. The van der Waals surface area contributed by atoms with E-state index in [1.54, 1.807) is 10.0 Å². The maximum atomic E-state index is 12.4. The molecule has 0 saturated heterocycles. The molecule has 0 aliphatic heterocycles. The van der Waals surface area contributed by atoms with Crippen LogP contribution in [0.3, 0.4) is 0 Å². The Morgan fingerprint density at radius 2 is 1.21 bits per heavy atom. The van der Waals surface area contributed by atoms with Crippen molar-refractivity contribution in [1.29, 1.82) is 0 Å². The summed E-state index contributed by atoms with van der Waals surface area (Å²) in [6.45, 7) is 0. The van der Waals surface area contributed by atoms with Crippen LogP contribution >= 0.6 is 0 Å². The number of hydrazine groups is 2. The molecular weight excluding hydrogens is 304 g/mol. The zero-order valence-corrected chi connectivity index (χ0v) is 15.5. The van der Waals surface area contributed by atoms with E-state index in [0.29, 0.717) is 24.7 Å². The van der Waals surface area contributed by atoms with Crippen molar-refractivity contribution in [3.63, 3.8) is 0 Å². The first-order valence-electron chi connectivity index (χ1n) is 9.13. The van der Waals surface area contributed by atoms with Gasteiger partial charge in [-0.2, -0.15) is 0 Å². The third-order valence-electron chi connectivity index (χ3n) is 6.07. The van der Waals surface area contributed by atoms with Gasteiger partial charge in [0.25, 0.3) is 0 Å². The van der Waals surface area contributed by atoms with E-state index >= 15 is 0 Å². The number of carbonyl (C=O) groups excluding carboxylic acids is 2. The molecule has 0 heterocycles. The van der Waals surface area contributed by atoms with Gasteiger partial charge in [0, 0.05) is 41.0 Å². The summed E-state index contributed by atoms with van der Waals surface area (Å²) in [4.78, 5) is 24.7. The van der Waals surface area contributed by atoms with Crippen LogP contribution in [0, 0.1) is 22.7 Å². The molecule has 0 atom stereocenters. The summed E-state index contributed by atoms with van der Waals surface area (Å²) >= 11 is 0. The number of nitrogens with one attached hydrogen (secondary N) is 2. The lowest BCUT2D eigenvalue weighted by molar-refractivity contribution is -0.149. The molecule has 24 heavy (non-hydrogen) atoms. The fourth-order valence-electron chi connectivity index (χ4n) is 6.32. The second-order valence-electron chi connectivity index (χ2n) is 9.17. The minimum atomic E-state index is 0.114. The van der Waals surface area contributed by atoms with Crippen LogP contribution in [0.2, 0.25) is 0 Å². The average molecular weight is 336 g/mol. The monoisotopic (exact) mass is 336 g/mol. The third kappa shape index (κ3) is 3.75. The Labute approximate surface area is 145 Å². The molecule has 0 spiro atoms. The Balaban J connectivity index is 1.72. The Bertz CT molecular complexity index is 461. The molecule has 2 amide bonds. The van der Waals surface area contributed by atoms with Gasteiger partial charge in [0.05, 0.1) is 0 Å². The highest BCUT2D eigenvalue weighted by Crippen LogP contribution is 2.67. The highest BCUT2D eigenvalue weighted by molar-refractivity contribution is 5.77. The molecule has 0 aromatic rings. The van der Waals surface area contributed by atoms with Gasteiger partial charge in [-0.15, -0.1) is 0 Å². The summed E-state index contributed by atoms with van der Waals surface area (Å²) in [7, 11) is 7.41. The van der Waals surface area contributed by atoms with Crippen LogP contribution in [0.4, 0.5) is 0 Å².